The zero-order valence-corrected chi connectivity index (χ0v) is 20.3. The summed E-state index contributed by atoms with van der Waals surface area (Å²) in [7, 11) is 3.21. The Balaban J connectivity index is 1.32. The summed E-state index contributed by atoms with van der Waals surface area (Å²) < 4.78 is 12.5. The number of methoxy groups -OCH3 is 2. The maximum atomic E-state index is 10.9. The number of nitrogens with one attached hydrogen (secondary N) is 2. The maximum absolute atomic E-state index is 10.9. The van der Waals surface area contributed by atoms with Gasteiger partial charge in [-0.1, -0.05) is 0 Å². The number of ether oxygens (including phenoxy) is 2. The number of hydrogen-bond acceptors (Lipinski definition) is 10. The van der Waals surface area contributed by atoms with E-state index in [1.165, 1.54) is 11.3 Å². The molecule has 11 heteroatoms. The lowest BCUT2D eigenvalue weighted by Gasteiger charge is -2.31. The summed E-state index contributed by atoms with van der Waals surface area (Å²) >= 11 is 1.45. The van der Waals surface area contributed by atoms with E-state index in [0.29, 0.717) is 17.2 Å². The van der Waals surface area contributed by atoms with E-state index in [1.807, 2.05) is 35.8 Å². The molecular formula is C24H27N7O3S. The predicted molar refractivity (Wildman–Crippen MR) is 136 cm³/mol. The molecule has 0 spiro atoms. The van der Waals surface area contributed by atoms with Crippen molar-refractivity contribution in [3.8, 4) is 27.8 Å². The van der Waals surface area contributed by atoms with Gasteiger partial charge in [0, 0.05) is 55.6 Å². The van der Waals surface area contributed by atoms with E-state index in [9.17, 15) is 5.11 Å². The van der Waals surface area contributed by atoms with Crippen LogP contribution >= 0.6 is 11.3 Å². The van der Waals surface area contributed by atoms with Gasteiger partial charge < -0.3 is 30.1 Å². The SMILES string of the molecule is COc1ccc(-n2cc(-c3nc(C(O)Nc4cnccc4N4CCNCC4)cs3)cn2)cc1OC. The highest BCUT2D eigenvalue weighted by Crippen LogP contribution is 2.32. The third-order valence-electron chi connectivity index (χ3n) is 5.81. The van der Waals surface area contributed by atoms with Crippen molar-refractivity contribution in [3.05, 3.63) is 60.1 Å². The molecule has 4 aromatic rings. The first-order chi connectivity index (χ1) is 17.2. The summed E-state index contributed by atoms with van der Waals surface area (Å²) in [5, 5.41) is 24.5. The number of hydrogen-bond donors (Lipinski definition) is 3. The van der Waals surface area contributed by atoms with Gasteiger partial charge in [-0.15, -0.1) is 11.3 Å². The number of thiazole rings is 1. The molecule has 35 heavy (non-hydrogen) atoms. The van der Waals surface area contributed by atoms with Gasteiger partial charge in [-0.3, -0.25) is 4.98 Å². The minimum absolute atomic E-state index is 0.541. The molecule has 1 atom stereocenters. The Morgan fingerprint density at radius 1 is 1.11 bits per heavy atom. The Kier molecular flexibility index (Phi) is 6.80. The van der Waals surface area contributed by atoms with Crippen molar-refractivity contribution in [2.45, 2.75) is 6.23 Å². The van der Waals surface area contributed by atoms with Crippen LogP contribution in [-0.4, -0.2) is 65.3 Å². The van der Waals surface area contributed by atoms with Crippen molar-refractivity contribution in [1.29, 1.82) is 0 Å². The van der Waals surface area contributed by atoms with Crippen LogP contribution < -0.4 is 25.0 Å². The molecule has 10 nitrogen and oxygen atoms in total. The fourth-order valence-corrected chi connectivity index (χ4v) is 4.80. The maximum Gasteiger partial charge on any atom is 0.169 e. The lowest BCUT2D eigenvalue weighted by Crippen LogP contribution is -2.43. The second-order valence-electron chi connectivity index (χ2n) is 7.97. The molecule has 1 unspecified atom stereocenters. The third kappa shape index (κ3) is 4.92. The summed E-state index contributed by atoms with van der Waals surface area (Å²) in [6, 6.07) is 7.57. The highest BCUT2D eigenvalue weighted by atomic mass is 32.1. The monoisotopic (exact) mass is 493 g/mol. The summed E-state index contributed by atoms with van der Waals surface area (Å²) in [4.78, 5) is 11.2. The molecule has 182 valence electrons. The summed E-state index contributed by atoms with van der Waals surface area (Å²) in [5.74, 6) is 1.28. The summed E-state index contributed by atoms with van der Waals surface area (Å²) in [5.41, 5.74) is 4.03. The molecule has 0 amide bonds. The van der Waals surface area contributed by atoms with Gasteiger partial charge in [-0.25, -0.2) is 9.67 Å². The molecule has 0 saturated carbocycles. The molecule has 1 saturated heterocycles. The van der Waals surface area contributed by atoms with Gasteiger partial charge in [0.25, 0.3) is 0 Å². The second kappa shape index (κ2) is 10.3. The fourth-order valence-electron chi connectivity index (χ4n) is 3.99. The van der Waals surface area contributed by atoms with Gasteiger partial charge in [0.2, 0.25) is 0 Å². The smallest absolute Gasteiger partial charge is 0.169 e. The van der Waals surface area contributed by atoms with E-state index in [1.54, 1.807) is 37.5 Å². The third-order valence-corrected chi connectivity index (χ3v) is 6.72. The van der Waals surface area contributed by atoms with Crippen LogP contribution in [0.4, 0.5) is 11.4 Å². The van der Waals surface area contributed by atoms with E-state index in [-0.39, 0.29) is 0 Å². The fraction of sp³-hybridized carbons (Fsp3) is 0.292. The largest absolute Gasteiger partial charge is 0.493 e. The van der Waals surface area contributed by atoms with Gasteiger partial charge in [-0.05, 0) is 18.2 Å². The Bertz CT molecular complexity index is 1290. The van der Waals surface area contributed by atoms with E-state index in [2.05, 4.69) is 30.6 Å². The molecule has 0 radical (unpaired) electrons. The van der Waals surface area contributed by atoms with Crippen molar-refractivity contribution in [3.63, 3.8) is 0 Å². The van der Waals surface area contributed by atoms with Gasteiger partial charge >= 0.3 is 0 Å². The van der Waals surface area contributed by atoms with Crippen LogP contribution in [-0.2, 0) is 0 Å². The predicted octanol–water partition coefficient (Wildman–Crippen LogP) is 2.92. The molecule has 1 fully saturated rings. The van der Waals surface area contributed by atoms with Crippen LogP contribution in [0.2, 0.25) is 0 Å². The standard InChI is InChI=1S/C24H27N7O3S/c1-33-21-4-3-17(11-22(21)34-2)31-14-16(12-27-31)24-29-19(15-35-24)23(32)28-18-13-26-6-5-20(18)30-9-7-25-8-10-30/h3-6,11-15,23,25,28,32H,7-10H2,1-2H3. The lowest BCUT2D eigenvalue weighted by atomic mass is 10.2. The first-order valence-electron chi connectivity index (χ1n) is 11.2. The number of piperazine rings is 1. The molecule has 1 aliphatic rings. The zero-order chi connectivity index (χ0) is 24.2. The van der Waals surface area contributed by atoms with E-state index < -0.39 is 6.23 Å². The molecule has 0 aliphatic carbocycles. The zero-order valence-electron chi connectivity index (χ0n) is 19.5. The molecule has 4 heterocycles. The van der Waals surface area contributed by atoms with Crippen LogP contribution in [0, 0.1) is 0 Å². The highest BCUT2D eigenvalue weighted by molar-refractivity contribution is 7.13. The van der Waals surface area contributed by atoms with Gasteiger partial charge in [-0.2, -0.15) is 5.10 Å². The Morgan fingerprint density at radius 2 is 1.94 bits per heavy atom. The van der Waals surface area contributed by atoms with Crippen LogP contribution in [0.15, 0.2) is 54.4 Å². The highest BCUT2D eigenvalue weighted by Gasteiger charge is 2.19. The Hall–Kier alpha value is -3.67. The topological polar surface area (TPSA) is 110 Å². The number of pyridine rings is 1. The average Bonchev–Trinajstić information content (AvgIpc) is 3.59. The molecule has 3 N–H and O–H groups in total. The van der Waals surface area contributed by atoms with Crippen molar-refractivity contribution in [2.24, 2.45) is 0 Å². The van der Waals surface area contributed by atoms with Gasteiger partial charge in [0.1, 0.15) is 10.7 Å². The molecule has 3 aromatic heterocycles. The minimum Gasteiger partial charge on any atom is -0.493 e. The summed E-state index contributed by atoms with van der Waals surface area (Å²) in [6.07, 6.45) is 6.19. The molecule has 1 aliphatic heterocycles. The number of aromatic nitrogens is 4. The van der Waals surface area contributed by atoms with Gasteiger partial charge in [0.05, 0.1) is 43.7 Å². The number of rotatable bonds is 8. The molecule has 1 aromatic carbocycles. The van der Waals surface area contributed by atoms with E-state index in [0.717, 1.165) is 53.8 Å². The van der Waals surface area contributed by atoms with Gasteiger partial charge in [0.15, 0.2) is 17.7 Å². The quantitative estimate of drug-likeness (QED) is 0.319. The Morgan fingerprint density at radius 3 is 2.74 bits per heavy atom. The average molecular weight is 494 g/mol. The Labute approximate surface area is 207 Å². The van der Waals surface area contributed by atoms with Crippen LogP contribution in [0.3, 0.4) is 0 Å². The summed E-state index contributed by atoms with van der Waals surface area (Å²) in [6.45, 7) is 3.66. The second-order valence-corrected chi connectivity index (χ2v) is 8.83. The van der Waals surface area contributed by atoms with Crippen LogP contribution in [0.5, 0.6) is 11.5 Å². The minimum atomic E-state index is -0.966. The van der Waals surface area contributed by atoms with Crippen molar-refractivity contribution in [1.82, 2.24) is 25.1 Å². The van der Waals surface area contributed by atoms with Crippen molar-refractivity contribution in [2.75, 3.05) is 50.6 Å². The van der Waals surface area contributed by atoms with E-state index in [4.69, 9.17) is 9.47 Å². The number of anilines is 2. The number of aliphatic hydroxyl groups is 1. The lowest BCUT2D eigenvalue weighted by molar-refractivity contribution is 0.204. The molecule has 0 bridgehead atoms. The number of aliphatic hydroxyl groups excluding tert-OH is 1. The first-order valence-corrected chi connectivity index (χ1v) is 12.1. The van der Waals surface area contributed by atoms with Crippen molar-refractivity contribution < 1.29 is 14.6 Å². The van der Waals surface area contributed by atoms with E-state index >= 15 is 0 Å². The number of benzene rings is 1. The molecular weight excluding hydrogens is 466 g/mol. The number of nitrogens with zero attached hydrogens (tertiary/aromatic N) is 5. The van der Waals surface area contributed by atoms with Crippen molar-refractivity contribution >= 4 is 22.7 Å². The van der Waals surface area contributed by atoms with Crippen LogP contribution in [0.25, 0.3) is 16.3 Å². The molecule has 5 rings (SSSR count). The van der Waals surface area contributed by atoms with Crippen LogP contribution in [0.1, 0.15) is 11.9 Å². The normalized spacial score (nSPS) is 14.5. The first kappa shape index (κ1) is 23.1.